The zero-order valence-corrected chi connectivity index (χ0v) is 17.1. The SMILES string of the molecule is CCNS(=O)(=O)[n+]1c(OC)cc(OC)nc1SC(C(=O)O)C(C)(C)OC. The molecule has 0 aromatic carbocycles. The van der Waals surface area contributed by atoms with Crippen LogP contribution < -0.4 is 18.2 Å². The van der Waals surface area contributed by atoms with Crippen molar-refractivity contribution < 1.29 is 36.5 Å². The first-order chi connectivity index (χ1) is 12.0. The second-order valence-corrected chi connectivity index (χ2v) is 8.21. The zero-order valence-electron chi connectivity index (χ0n) is 15.5. The average molecular weight is 410 g/mol. The van der Waals surface area contributed by atoms with Crippen LogP contribution in [0.25, 0.3) is 0 Å². The Morgan fingerprint density at radius 2 is 2.00 bits per heavy atom. The number of thioether (sulfide) groups is 1. The van der Waals surface area contributed by atoms with Gasteiger partial charge in [0.05, 0.1) is 19.8 Å². The summed E-state index contributed by atoms with van der Waals surface area (Å²) in [6.45, 7) is 4.90. The lowest BCUT2D eigenvalue weighted by Gasteiger charge is -2.28. The van der Waals surface area contributed by atoms with E-state index in [1.807, 2.05) is 0 Å². The lowest BCUT2D eigenvalue weighted by Crippen LogP contribution is -2.54. The highest BCUT2D eigenvalue weighted by Crippen LogP contribution is 2.32. The molecule has 0 saturated carbocycles. The van der Waals surface area contributed by atoms with Crippen LogP contribution in [-0.2, 0) is 19.7 Å². The van der Waals surface area contributed by atoms with Crippen LogP contribution >= 0.6 is 11.8 Å². The van der Waals surface area contributed by atoms with Gasteiger partial charge in [0.15, 0.2) is 0 Å². The van der Waals surface area contributed by atoms with Gasteiger partial charge < -0.3 is 19.3 Å². The molecule has 0 bridgehead atoms. The highest BCUT2D eigenvalue weighted by Gasteiger charge is 2.42. The lowest BCUT2D eigenvalue weighted by atomic mass is 10.1. The van der Waals surface area contributed by atoms with Crippen LogP contribution in [0.15, 0.2) is 11.2 Å². The third-order valence-corrected chi connectivity index (χ3v) is 6.51. The number of nitrogens with zero attached hydrogens (tertiary/aromatic N) is 2. The summed E-state index contributed by atoms with van der Waals surface area (Å²) in [7, 11) is -0.0478. The second-order valence-electron chi connectivity index (χ2n) is 5.53. The maximum Gasteiger partial charge on any atom is 0.383 e. The van der Waals surface area contributed by atoms with Crippen molar-refractivity contribution in [3.05, 3.63) is 6.07 Å². The Hall–Kier alpha value is -1.63. The van der Waals surface area contributed by atoms with E-state index in [0.29, 0.717) is 11.8 Å². The molecule has 0 aliphatic rings. The molecular weight excluding hydrogens is 386 g/mol. The fourth-order valence-corrected chi connectivity index (χ4v) is 4.47. The standard InChI is InChI=1S/C14H23N3O7S2/c1-7-15-26(20,21)17-10(23-5)8-9(22-4)16-13(17)25-11(12(18)19)14(2,3)24-6/h8,11,15H,7H2,1-6H3/p+1. The first kappa shape index (κ1) is 22.4. The Morgan fingerprint density at radius 1 is 1.38 bits per heavy atom. The molecule has 1 rings (SSSR count). The Morgan fingerprint density at radius 3 is 2.42 bits per heavy atom. The van der Waals surface area contributed by atoms with Gasteiger partial charge in [-0.2, -0.15) is 13.1 Å². The summed E-state index contributed by atoms with van der Waals surface area (Å²) in [5.74, 6) is -1.19. The number of hydrogen-bond donors (Lipinski definition) is 2. The van der Waals surface area contributed by atoms with Crippen molar-refractivity contribution in [3.63, 3.8) is 0 Å². The van der Waals surface area contributed by atoms with E-state index in [2.05, 4.69) is 9.71 Å². The smallest absolute Gasteiger partial charge is 0.383 e. The molecule has 148 valence electrons. The molecule has 0 fully saturated rings. The van der Waals surface area contributed by atoms with Crippen LogP contribution in [0.2, 0.25) is 0 Å². The Kier molecular flexibility index (Phi) is 7.62. The van der Waals surface area contributed by atoms with Gasteiger partial charge in [-0.1, -0.05) is 10.9 Å². The number of carbonyl (C=O) groups is 1. The number of rotatable bonds is 10. The molecule has 1 unspecified atom stereocenters. The van der Waals surface area contributed by atoms with E-state index in [1.54, 1.807) is 20.8 Å². The first-order valence-electron chi connectivity index (χ1n) is 7.53. The molecule has 2 N–H and O–H groups in total. The molecule has 0 amide bonds. The van der Waals surface area contributed by atoms with E-state index in [-0.39, 0.29) is 23.5 Å². The zero-order chi connectivity index (χ0) is 20.1. The van der Waals surface area contributed by atoms with Crippen LogP contribution in [0, 0.1) is 0 Å². The number of methoxy groups -OCH3 is 3. The number of carboxylic acid groups (broad SMARTS) is 1. The van der Waals surface area contributed by atoms with Crippen molar-refractivity contribution >= 4 is 27.9 Å². The number of nitrogens with one attached hydrogen (secondary N) is 1. The van der Waals surface area contributed by atoms with E-state index >= 15 is 0 Å². The van der Waals surface area contributed by atoms with Gasteiger partial charge in [0.1, 0.15) is 11.3 Å². The van der Waals surface area contributed by atoms with E-state index in [1.165, 1.54) is 27.4 Å². The van der Waals surface area contributed by atoms with Crippen molar-refractivity contribution in [3.8, 4) is 11.8 Å². The fourth-order valence-electron chi connectivity index (χ4n) is 1.92. The van der Waals surface area contributed by atoms with Gasteiger partial charge in [-0.25, -0.2) is 0 Å². The van der Waals surface area contributed by atoms with Gasteiger partial charge in [-0.15, -0.1) is 0 Å². The number of ether oxygens (including phenoxy) is 3. The molecule has 1 atom stereocenters. The van der Waals surface area contributed by atoms with Gasteiger partial charge in [0.2, 0.25) is 0 Å². The van der Waals surface area contributed by atoms with Crippen molar-refractivity contribution in [1.82, 2.24) is 9.71 Å². The molecule has 12 heteroatoms. The summed E-state index contributed by atoms with van der Waals surface area (Å²) in [4.78, 5) is 15.8. The Balaban J connectivity index is 3.64. The average Bonchev–Trinajstić information content (AvgIpc) is 2.57. The topological polar surface area (TPSA) is 128 Å². The Labute approximate surface area is 157 Å². The molecular formula is C14H24N3O7S2+. The normalized spacial score (nSPS) is 13.3. The molecule has 0 saturated heterocycles. The second kappa shape index (κ2) is 8.84. The van der Waals surface area contributed by atoms with E-state index in [9.17, 15) is 18.3 Å². The summed E-state index contributed by atoms with van der Waals surface area (Å²) in [5, 5.41) is 8.29. The van der Waals surface area contributed by atoms with Gasteiger partial charge in [0.25, 0.3) is 0 Å². The summed E-state index contributed by atoms with van der Waals surface area (Å²) in [6.07, 6.45) is 0. The third-order valence-electron chi connectivity index (χ3n) is 3.42. The molecule has 0 aliphatic carbocycles. The van der Waals surface area contributed by atoms with Crippen LogP contribution in [0.3, 0.4) is 0 Å². The molecule has 1 aromatic rings. The number of aliphatic carboxylic acids is 1. The van der Waals surface area contributed by atoms with Crippen molar-refractivity contribution in [2.45, 2.75) is 36.8 Å². The summed E-state index contributed by atoms with van der Waals surface area (Å²) >= 11 is 0.715. The van der Waals surface area contributed by atoms with Crippen LogP contribution in [-0.4, -0.2) is 63.2 Å². The van der Waals surface area contributed by atoms with Crippen molar-refractivity contribution in [2.75, 3.05) is 27.9 Å². The minimum atomic E-state index is -4.06. The predicted octanol–water partition coefficient (Wildman–Crippen LogP) is 0.0590. The quantitative estimate of drug-likeness (QED) is 0.312. The third kappa shape index (κ3) is 4.96. The minimum Gasteiger partial charge on any atom is -0.480 e. The lowest BCUT2D eigenvalue weighted by molar-refractivity contribution is -0.569. The maximum absolute atomic E-state index is 12.6. The van der Waals surface area contributed by atoms with E-state index in [4.69, 9.17) is 14.2 Å². The first-order valence-corrected chi connectivity index (χ1v) is 9.85. The van der Waals surface area contributed by atoms with E-state index in [0.717, 1.165) is 3.97 Å². The fraction of sp³-hybridized carbons (Fsp3) is 0.643. The van der Waals surface area contributed by atoms with Crippen molar-refractivity contribution in [1.29, 1.82) is 0 Å². The number of hydrogen-bond acceptors (Lipinski definition) is 8. The molecule has 26 heavy (non-hydrogen) atoms. The summed E-state index contributed by atoms with van der Waals surface area (Å²) in [5.41, 5.74) is -1.10. The maximum atomic E-state index is 12.6. The van der Waals surface area contributed by atoms with Crippen molar-refractivity contribution in [2.24, 2.45) is 0 Å². The molecule has 1 aromatic heterocycles. The predicted molar refractivity (Wildman–Crippen MR) is 93.9 cm³/mol. The molecule has 0 spiro atoms. The molecule has 1 heterocycles. The summed E-state index contributed by atoms with van der Waals surface area (Å²) in [6, 6.07) is 1.29. The molecule has 0 radical (unpaired) electrons. The van der Waals surface area contributed by atoms with Crippen LogP contribution in [0.5, 0.6) is 11.8 Å². The molecule has 10 nitrogen and oxygen atoms in total. The van der Waals surface area contributed by atoms with Gasteiger partial charge in [0, 0.05) is 18.6 Å². The number of aromatic nitrogens is 2. The van der Waals surface area contributed by atoms with Crippen LogP contribution in [0.1, 0.15) is 20.8 Å². The molecule has 0 aliphatic heterocycles. The van der Waals surface area contributed by atoms with Gasteiger partial charge in [-0.05, 0) is 25.6 Å². The monoisotopic (exact) mass is 410 g/mol. The highest BCUT2D eigenvalue weighted by molar-refractivity contribution is 8.00. The van der Waals surface area contributed by atoms with Gasteiger partial charge >= 0.3 is 33.1 Å². The van der Waals surface area contributed by atoms with Gasteiger partial charge in [-0.3, -0.25) is 4.79 Å². The Bertz CT molecular complexity index is 753. The number of carboxylic acids is 1. The largest absolute Gasteiger partial charge is 0.480 e. The minimum absolute atomic E-state index is 0.0756. The van der Waals surface area contributed by atoms with Crippen LogP contribution in [0.4, 0.5) is 0 Å². The summed E-state index contributed by atoms with van der Waals surface area (Å²) < 4.78 is 43.8. The highest BCUT2D eigenvalue weighted by atomic mass is 32.2. The van der Waals surface area contributed by atoms with E-state index < -0.39 is 27.0 Å².